The van der Waals surface area contributed by atoms with Gasteiger partial charge in [-0.3, -0.25) is 9.69 Å². The van der Waals surface area contributed by atoms with Gasteiger partial charge < -0.3 is 14.8 Å². The molecule has 2 aliphatic rings. The number of sulfonamides is 1. The predicted octanol–water partition coefficient (Wildman–Crippen LogP) is 0.940. The van der Waals surface area contributed by atoms with E-state index < -0.39 is 10.0 Å². The molecule has 2 heterocycles. The van der Waals surface area contributed by atoms with Gasteiger partial charge in [-0.25, -0.2) is 12.7 Å². The van der Waals surface area contributed by atoms with Gasteiger partial charge in [-0.1, -0.05) is 6.07 Å². The number of amides is 1. The zero-order chi connectivity index (χ0) is 20.9. The molecule has 162 valence electrons. The lowest BCUT2D eigenvalue weighted by Gasteiger charge is -2.38. The summed E-state index contributed by atoms with van der Waals surface area (Å²) in [6, 6.07) is 7.59. The van der Waals surface area contributed by atoms with Crippen molar-refractivity contribution in [1.29, 1.82) is 0 Å². The summed E-state index contributed by atoms with van der Waals surface area (Å²) < 4.78 is 36.0. The molecule has 9 heteroatoms. The van der Waals surface area contributed by atoms with Crippen LogP contribution in [0.5, 0.6) is 5.75 Å². The fraction of sp³-hybridized carbons (Fsp3) is 0.650. The zero-order valence-corrected chi connectivity index (χ0v) is 18.0. The van der Waals surface area contributed by atoms with Crippen molar-refractivity contribution in [3.63, 3.8) is 0 Å². The maximum absolute atomic E-state index is 12.5. The molecule has 1 N–H and O–H groups in total. The van der Waals surface area contributed by atoms with Crippen LogP contribution in [0.2, 0.25) is 0 Å². The third-order valence-electron chi connectivity index (χ3n) is 5.71. The highest BCUT2D eigenvalue weighted by atomic mass is 32.2. The molecule has 2 fully saturated rings. The van der Waals surface area contributed by atoms with Crippen molar-refractivity contribution >= 4 is 15.9 Å². The van der Waals surface area contributed by atoms with E-state index in [1.165, 1.54) is 6.26 Å². The van der Waals surface area contributed by atoms with Crippen LogP contribution in [0, 0.1) is 0 Å². The molecule has 0 aromatic heterocycles. The van der Waals surface area contributed by atoms with E-state index >= 15 is 0 Å². The van der Waals surface area contributed by atoms with Crippen LogP contribution in [0.1, 0.15) is 29.6 Å². The van der Waals surface area contributed by atoms with E-state index in [-0.39, 0.29) is 11.9 Å². The van der Waals surface area contributed by atoms with E-state index in [0.717, 1.165) is 32.5 Å². The van der Waals surface area contributed by atoms with Crippen LogP contribution >= 0.6 is 0 Å². The zero-order valence-electron chi connectivity index (χ0n) is 17.2. The SMILES string of the molecule is COc1cccc(C(=O)NCCN(C2CCOCC2)C2CCN(S(C)(=O)=O)C2)c1. The van der Waals surface area contributed by atoms with E-state index in [1.807, 2.05) is 0 Å². The number of hydrogen-bond donors (Lipinski definition) is 1. The Hall–Kier alpha value is -1.68. The molecule has 2 aliphatic heterocycles. The second kappa shape index (κ2) is 9.88. The first-order chi connectivity index (χ1) is 13.9. The normalized spacial score (nSPS) is 21.4. The maximum Gasteiger partial charge on any atom is 0.251 e. The summed E-state index contributed by atoms with van der Waals surface area (Å²) >= 11 is 0. The van der Waals surface area contributed by atoms with Crippen LogP contribution in [-0.4, -0.2) is 88.4 Å². The van der Waals surface area contributed by atoms with Crippen LogP contribution < -0.4 is 10.1 Å². The molecule has 0 saturated carbocycles. The molecule has 1 aromatic rings. The first kappa shape index (κ1) is 22.0. The van der Waals surface area contributed by atoms with Gasteiger partial charge in [-0.2, -0.15) is 0 Å². The summed E-state index contributed by atoms with van der Waals surface area (Å²) in [6.07, 6.45) is 3.94. The lowest BCUT2D eigenvalue weighted by Crippen LogP contribution is -2.50. The second-order valence-corrected chi connectivity index (χ2v) is 9.62. The summed E-state index contributed by atoms with van der Waals surface area (Å²) in [7, 11) is -1.60. The highest BCUT2D eigenvalue weighted by Crippen LogP contribution is 2.24. The number of hydrogen-bond acceptors (Lipinski definition) is 6. The Morgan fingerprint density at radius 3 is 2.69 bits per heavy atom. The van der Waals surface area contributed by atoms with E-state index in [0.29, 0.717) is 43.5 Å². The standard InChI is InChI=1S/C20H31N3O5S/c1-27-19-5-3-4-16(14-19)20(24)21-9-11-23(17-7-12-28-13-8-17)18-6-10-22(15-18)29(2,25)26/h3-5,14,17-18H,6-13,15H2,1-2H3,(H,21,24). The lowest BCUT2D eigenvalue weighted by molar-refractivity contribution is 0.0194. The highest BCUT2D eigenvalue weighted by molar-refractivity contribution is 7.88. The van der Waals surface area contributed by atoms with Crippen molar-refractivity contribution in [1.82, 2.24) is 14.5 Å². The van der Waals surface area contributed by atoms with Crippen LogP contribution in [0.4, 0.5) is 0 Å². The third kappa shape index (κ3) is 5.91. The quantitative estimate of drug-likeness (QED) is 0.667. The van der Waals surface area contributed by atoms with Crippen molar-refractivity contribution in [2.45, 2.75) is 31.3 Å². The van der Waals surface area contributed by atoms with Crippen molar-refractivity contribution in [3.05, 3.63) is 29.8 Å². The highest BCUT2D eigenvalue weighted by Gasteiger charge is 2.35. The first-order valence-corrected chi connectivity index (χ1v) is 11.9. The molecular formula is C20H31N3O5S. The Kier molecular flexibility index (Phi) is 7.50. The minimum Gasteiger partial charge on any atom is -0.497 e. The number of methoxy groups -OCH3 is 1. The van der Waals surface area contributed by atoms with E-state index in [9.17, 15) is 13.2 Å². The molecule has 0 radical (unpaired) electrons. The number of ether oxygens (including phenoxy) is 2. The van der Waals surface area contributed by atoms with Gasteiger partial charge in [0.05, 0.1) is 13.4 Å². The molecule has 0 aliphatic carbocycles. The van der Waals surface area contributed by atoms with Crippen LogP contribution in [-0.2, 0) is 14.8 Å². The monoisotopic (exact) mass is 425 g/mol. The minimum absolute atomic E-state index is 0.139. The smallest absolute Gasteiger partial charge is 0.251 e. The van der Waals surface area contributed by atoms with Gasteiger partial charge in [0.2, 0.25) is 10.0 Å². The molecule has 2 saturated heterocycles. The second-order valence-electron chi connectivity index (χ2n) is 7.63. The van der Waals surface area contributed by atoms with Crippen LogP contribution in [0.3, 0.4) is 0 Å². The van der Waals surface area contributed by atoms with Crippen molar-refractivity contribution < 1.29 is 22.7 Å². The third-order valence-corrected chi connectivity index (χ3v) is 6.98. The average Bonchev–Trinajstić information content (AvgIpc) is 3.22. The van der Waals surface area contributed by atoms with Gasteiger partial charge in [0, 0.05) is 57.0 Å². The molecule has 3 rings (SSSR count). The Bertz CT molecular complexity index is 795. The molecule has 0 spiro atoms. The van der Waals surface area contributed by atoms with Gasteiger partial charge in [-0.15, -0.1) is 0 Å². The lowest BCUT2D eigenvalue weighted by atomic mass is 10.0. The van der Waals surface area contributed by atoms with Gasteiger partial charge in [0.1, 0.15) is 5.75 Å². The topological polar surface area (TPSA) is 88.2 Å². The minimum atomic E-state index is -3.18. The Morgan fingerprint density at radius 1 is 1.28 bits per heavy atom. The Morgan fingerprint density at radius 2 is 2.03 bits per heavy atom. The van der Waals surface area contributed by atoms with Gasteiger partial charge in [0.25, 0.3) is 5.91 Å². The molecule has 1 aromatic carbocycles. The first-order valence-electron chi connectivity index (χ1n) is 10.1. The fourth-order valence-electron chi connectivity index (χ4n) is 4.13. The maximum atomic E-state index is 12.5. The largest absolute Gasteiger partial charge is 0.497 e. The average molecular weight is 426 g/mol. The number of carbonyl (C=O) groups excluding carboxylic acids is 1. The van der Waals surface area contributed by atoms with Crippen molar-refractivity contribution in [3.8, 4) is 5.75 Å². The van der Waals surface area contributed by atoms with Crippen LogP contribution in [0.25, 0.3) is 0 Å². The van der Waals surface area contributed by atoms with Gasteiger partial charge in [-0.05, 0) is 37.5 Å². The molecule has 8 nitrogen and oxygen atoms in total. The summed E-state index contributed by atoms with van der Waals surface area (Å²) in [6.45, 7) is 3.70. The number of rotatable bonds is 8. The molecule has 1 amide bonds. The molecule has 1 unspecified atom stereocenters. The van der Waals surface area contributed by atoms with Crippen LogP contribution in [0.15, 0.2) is 24.3 Å². The summed E-state index contributed by atoms with van der Waals surface area (Å²) in [5.74, 6) is 0.508. The number of nitrogens with one attached hydrogen (secondary N) is 1. The van der Waals surface area contributed by atoms with Crippen molar-refractivity contribution in [2.24, 2.45) is 0 Å². The molecule has 29 heavy (non-hydrogen) atoms. The van der Waals surface area contributed by atoms with E-state index in [1.54, 1.807) is 35.7 Å². The number of benzene rings is 1. The summed E-state index contributed by atoms with van der Waals surface area (Å²) in [5, 5.41) is 2.99. The summed E-state index contributed by atoms with van der Waals surface area (Å²) in [5.41, 5.74) is 0.561. The summed E-state index contributed by atoms with van der Waals surface area (Å²) in [4.78, 5) is 14.9. The fourth-order valence-corrected chi connectivity index (χ4v) is 5.01. The van der Waals surface area contributed by atoms with E-state index in [4.69, 9.17) is 9.47 Å². The van der Waals surface area contributed by atoms with Crippen molar-refractivity contribution in [2.75, 3.05) is 52.8 Å². The number of carbonyl (C=O) groups is 1. The van der Waals surface area contributed by atoms with Gasteiger partial charge >= 0.3 is 0 Å². The Balaban J connectivity index is 1.60. The molecule has 0 bridgehead atoms. The van der Waals surface area contributed by atoms with Gasteiger partial charge in [0.15, 0.2) is 0 Å². The molecule has 1 atom stereocenters. The molecular weight excluding hydrogens is 394 g/mol. The number of nitrogens with zero attached hydrogens (tertiary/aromatic N) is 2. The predicted molar refractivity (Wildman–Crippen MR) is 111 cm³/mol. The Labute approximate surface area is 173 Å². The van der Waals surface area contributed by atoms with E-state index in [2.05, 4.69) is 10.2 Å².